The van der Waals surface area contributed by atoms with Crippen LogP contribution in [0.1, 0.15) is 30.1 Å². The number of ether oxygens (including phenoxy) is 1. The number of hydrogen-bond donors (Lipinski definition) is 4. The van der Waals surface area contributed by atoms with Crippen LogP contribution in [0.15, 0.2) is 24.3 Å². The van der Waals surface area contributed by atoms with Gasteiger partial charge in [-0.2, -0.15) is 5.10 Å². The van der Waals surface area contributed by atoms with Crippen LogP contribution in [0.25, 0.3) is 10.9 Å². The molecule has 0 radical (unpaired) electrons. The number of anilines is 4. The van der Waals surface area contributed by atoms with Gasteiger partial charge in [-0.05, 0) is 49.9 Å². The third kappa shape index (κ3) is 5.30. The predicted octanol–water partition coefficient (Wildman–Crippen LogP) is 2.57. The van der Waals surface area contributed by atoms with E-state index in [0.717, 1.165) is 35.6 Å². The molecule has 0 unspecified atom stereocenters. The molecule has 2 atom stereocenters. The standard InChI is InChI=1S/C24H33FN8O2/c1-13(26)20(14-5-6-14)29-23-18(25)12-17(21(27)34)22(30-23)28-15-7-8-19-16(11-15)24(31-33(19)3)32(2)9-10-35-4/h7-8,11-14,20H,5-6,9-10,26H2,1-4H3,(H2,27,34)(H2,28,29,30)/t13-,20-/m0/s1. The third-order valence-electron chi connectivity index (χ3n) is 6.33. The van der Waals surface area contributed by atoms with E-state index in [1.54, 1.807) is 11.8 Å². The molecule has 4 rings (SSSR count). The number of halogens is 1. The van der Waals surface area contributed by atoms with Gasteiger partial charge in [0.1, 0.15) is 5.82 Å². The van der Waals surface area contributed by atoms with Gasteiger partial charge in [0.15, 0.2) is 17.5 Å². The van der Waals surface area contributed by atoms with Crippen LogP contribution in [0.4, 0.5) is 27.5 Å². The zero-order chi connectivity index (χ0) is 25.3. The van der Waals surface area contributed by atoms with Gasteiger partial charge in [0, 0.05) is 50.9 Å². The van der Waals surface area contributed by atoms with E-state index in [0.29, 0.717) is 24.8 Å². The number of fused-ring (bicyclic) bond motifs is 1. The lowest BCUT2D eigenvalue weighted by Gasteiger charge is -2.23. The van der Waals surface area contributed by atoms with Crippen LogP contribution < -0.4 is 27.0 Å². The van der Waals surface area contributed by atoms with Crippen LogP contribution in [0, 0.1) is 11.7 Å². The van der Waals surface area contributed by atoms with Gasteiger partial charge >= 0.3 is 0 Å². The Morgan fingerprint density at radius 3 is 2.71 bits per heavy atom. The lowest BCUT2D eigenvalue weighted by molar-refractivity contribution is 0.100. The van der Waals surface area contributed by atoms with E-state index in [1.165, 1.54) is 0 Å². The van der Waals surface area contributed by atoms with Gasteiger partial charge in [-0.1, -0.05) is 0 Å². The molecule has 1 aromatic carbocycles. The van der Waals surface area contributed by atoms with E-state index in [4.69, 9.17) is 16.2 Å². The molecule has 1 fully saturated rings. The lowest BCUT2D eigenvalue weighted by atomic mass is 10.1. The molecule has 35 heavy (non-hydrogen) atoms. The number of nitrogens with two attached hydrogens (primary N) is 2. The quantitative estimate of drug-likeness (QED) is 0.326. The van der Waals surface area contributed by atoms with Gasteiger partial charge in [0.05, 0.1) is 17.7 Å². The largest absolute Gasteiger partial charge is 0.383 e. The van der Waals surface area contributed by atoms with Crippen molar-refractivity contribution >= 4 is 40.0 Å². The van der Waals surface area contributed by atoms with Crippen molar-refractivity contribution in [2.45, 2.75) is 31.8 Å². The first-order valence-electron chi connectivity index (χ1n) is 11.7. The number of benzene rings is 1. The summed E-state index contributed by atoms with van der Waals surface area (Å²) in [6, 6.07) is 6.50. The Morgan fingerprint density at radius 1 is 1.34 bits per heavy atom. The van der Waals surface area contributed by atoms with E-state index in [9.17, 15) is 9.18 Å². The van der Waals surface area contributed by atoms with Crippen LogP contribution >= 0.6 is 0 Å². The number of nitrogens with one attached hydrogen (secondary N) is 2. The van der Waals surface area contributed by atoms with Crippen LogP contribution in [0.3, 0.4) is 0 Å². The number of pyridine rings is 1. The maximum absolute atomic E-state index is 14.9. The Kier molecular flexibility index (Phi) is 7.08. The van der Waals surface area contributed by atoms with Gasteiger partial charge in [-0.15, -0.1) is 0 Å². The smallest absolute Gasteiger partial charge is 0.252 e. The highest BCUT2D eigenvalue weighted by atomic mass is 19.1. The van der Waals surface area contributed by atoms with Crippen molar-refractivity contribution in [2.24, 2.45) is 24.4 Å². The number of methoxy groups -OCH3 is 1. The zero-order valence-corrected chi connectivity index (χ0v) is 20.5. The van der Waals surface area contributed by atoms with Crippen molar-refractivity contribution in [1.82, 2.24) is 14.8 Å². The van der Waals surface area contributed by atoms with E-state index >= 15 is 0 Å². The molecule has 6 N–H and O–H groups in total. The summed E-state index contributed by atoms with van der Waals surface area (Å²) in [5.74, 6) is -0.0616. The number of hydrogen-bond acceptors (Lipinski definition) is 8. The first-order chi connectivity index (χ1) is 16.7. The second-order valence-electron chi connectivity index (χ2n) is 9.16. The summed E-state index contributed by atoms with van der Waals surface area (Å²) in [5.41, 5.74) is 13.2. The van der Waals surface area contributed by atoms with Gasteiger partial charge in [-0.25, -0.2) is 9.37 Å². The fourth-order valence-electron chi connectivity index (χ4n) is 4.24. The predicted molar refractivity (Wildman–Crippen MR) is 136 cm³/mol. The van der Waals surface area contributed by atoms with Gasteiger partial charge in [0.2, 0.25) is 0 Å². The zero-order valence-electron chi connectivity index (χ0n) is 20.5. The number of nitrogens with zero attached hydrogens (tertiary/aromatic N) is 4. The highest BCUT2D eigenvalue weighted by Gasteiger charge is 2.34. The third-order valence-corrected chi connectivity index (χ3v) is 6.33. The second kappa shape index (κ2) is 10.0. The van der Waals surface area contributed by atoms with Gasteiger partial charge < -0.3 is 31.7 Å². The van der Waals surface area contributed by atoms with Gasteiger partial charge in [0.25, 0.3) is 5.91 Å². The Hall–Kier alpha value is -3.44. The molecule has 188 valence electrons. The molecule has 1 aliphatic carbocycles. The summed E-state index contributed by atoms with van der Waals surface area (Å²) in [4.78, 5) is 18.5. The molecule has 2 aromatic heterocycles. The van der Waals surface area contributed by atoms with Crippen molar-refractivity contribution < 1.29 is 13.9 Å². The average Bonchev–Trinajstić information content (AvgIpc) is 3.60. The molecule has 0 spiro atoms. The number of likely N-dealkylation sites (N-methyl/N-ethyl adjacent to an activating group) is 1. The first kappa shape index (κ1) is 24.7. The van der Waals surface area contributed by atoms with E-state index in [2.05, 4.69) is 20.7 Å². The van der Waals surface area contributed by atoms with Crippen LogP contribution in [0.5, 0.6) is 0 Å². The van der Waals surface area contributed by atoms with Crippen molar-refractivity contribution in [3.05, 3.63) is 35.6 Å². The number of amides is 1. The van der Waals surface area contributed by atoms with Crippen LogP contribution in [-0.2, 0) is 11.8 Å². The Labute approximate surface area is 203 Å². The van der Waals surface area contributed by atoms with Crippen molar-refractivity contribution in [1.29, 1.82) is 0 Å². The lowest BCUT2D eigenvalue weighted by Crippen LogP contribution is -2.40. The Morgan fingerprint density at radius 2 is 2.09 bits per heavy atom. The van der Waals surface area contributed by atoms with Crippen LogP contribution in [0.2, 0.25) is 0 Å². The fourth-order valence-corrected chi connectivity index (χ4v) is 4.24. The average molecular weight is 485 g/mol. The SMILES string of the molecule is COCCN(C)c1nn(C)c2ccc(Nc3nc(N[C@H](C4CC4)[C@H](C)N)c(F)cc3C(N)=O)cc12. The molecule has 11 heteroatoms. The molecule has 0 aliphatic heterocycles. The molecule has 3 aromatic rings. The van der Waals surface area contributed by atoms with Crippen molar-refractivity contribution in [3.63, 3.8) is 0 Å². The monoisotopic (exact) mass is 484 g/mol. The molecular formula is C24H33FN8O2. The summed E-state index contributed by atoms with van der Waals surface area (Å²) in [5, 5.41) is 11.8. The van der Waals surface area contributed by atoms with Crippen molar-refractivity contribution in [2.75, 3.05) is 42.8 Å². The summed E-state index contributed by atoms with van der Waals surface area (Å²) in [6.07, 6.45) is 2.08. The number of carbonyl (C=O) groups excluding carboxylic acids is 1. The highest BCUT2D eigenvalue weighted by molar-refractivity contribution is 5.99. The maximum Gasteiger partial charge on any atom is 0.252 e. The fraction of sp³-hybridized carbons (Fsp3) is 0.458. The maximum atomic E-state index is 14.9. The minimum atomic E-state index is -0.779. The summed E-state index contributed by atoms with van der Waals surface area (Å²) in [6.45, 7) is 3.12. The molecular weight excluding hydrogens is 451 g/mol. The molecule has 1 amide bonds. The van der Waals surface area contributed by atoms with Gasteiger partial charge in [-0.3, -0.25) is 9.48 Å². The number of carbonyl (C=O) groups is 1. The first-order valence-corrected chi connectivity index (χ1v) is 11.7. The second-order valence-corrected chi connectivity index (χ2v) is 9.16. The molecule has 1 aliphatic rings. The summed E-state index contributed by atoms with van der Waals surface area (Å²) in [7, 11) is 5.48. The minimum Gasteiger partial charge on any atom is -0.383 e. The van der Waals surface area contributed by atoms with E-state index in [1.807, 2.05) is 44.1 Å². The minimum absolute atomic E-state index is 0.0362. The Balaban J connectivity index is 1.69. The number of aromatic nitrogens is 3. The van der Waals surface area contributed by atoms with E-state index in [-0.39, 0.29) is 29.3 Å². The highest BCUT2D eigenvalue weighted by Crippen LogP contribution is 2.36. The van der Waals surface area contributed by atoms with E-state index < -0.39 is 11.7 Å². The molecule has 0 bridgehead atoms. The molecule has 10 nitrogen and oxygen atoms in total. The molecule has 2 heterocycles. The Bertz CT molecular complexity index is 1220. The molecule has 1 saturated carbocycles. The van der Waals surface area contributed by atoms with Crippen LogP contribution in [-0.4, -0.2) is 60.1 Å². The number of rotatable bonds is 11. The summed E-state index contributed by atoms with van der Waals surface area (Å²) >= 11 is 0. The van der Waals surface area contributed by atoms with Crippen molar-refractivity contribution in [3.8, 4) is 0 Å². The summed E-state index contributed by atoms with van der Waals surface area (Å²) < 4.78 is 21.9. The normalized spacial score (nSPS) is 15.1. The topological polar surface area (TPSA) is 136 Å². The number of primary amides is 1. The molecule has 0 saturated heterocycles. The number of aryl methyl sites for hydroxylation is 1.